The summed E-state index contributed by atoms with van der Waals surface area (Å²) >= 11 is 3.30. The highest BCUT2D eigenvalue weighted by Crippen LogP contribution is 2.15. The van der Waals surface area contributed by atoms with Crippen molar-refractivity contribution in [3.63, 3.8) is 0 Å². The number of aromatic nitrogens is 2. The van der Waals surface area contributed by atoms with Gasteiger partial charge in [0.15, 0.2) is 0 Å². The van der Waals surface area contributed by atoms with Crippen LogP contribution in [0.1, 0.15) is 20.3 Å². The Morgan fingerprint density at radius 3 is 3.00 bits per heavy atom. The zero-order valence-electron chi connectivity index (χ0n) is 12.1. The predicted molar refractivity (Wildman–Crippen MR) is 85.2 cm³/mol. The van der Waals surface area contributed by atoms with E-state index in [1.807, 2.05) is 0 Å². The Labute approximate surface area is 128 Å². The van der Waals surface area contributed by atoms with Gasteiger partial charge >= 0.3 is 0 Å². The fraction of sp³-hybridized carbons (Fsp3) is 0.571. The van der Waals surface area contributed by atoms with Crippen LogP contribution in [0.15, 0.2) is 28.1 Å². The van der Waals surface area contributed by atoms with Gasteiger partial charge in [-0.15, -0.1) is 6.58 Å². The molecule has 0 aliphatic rings. The fourth-order valence-electron chi connectivity index (χ4n) is 1.56. The first kappa shape index (κ1) is 16.9. The smallest absolute Gasteiger partial charge is 0.283 e. The van der Waals surface area contributed by atoms with Gasteiger partial charge in [0, 0.05) is 19.8 Å². The second kappa shape index (κ2) is 8.92. The van der Waals surface area contributed by atoms with Crippen molar-refractivity contribution in [2.45, 2.75) is 26.8 Å². The van der Waals surface area contributed by atoms with Crippen LogP contribution in [-0.2, 0) is 11.3 Å². The van der Waals surface area contributed by atoms with Gasteiger partial charge in [-0.1, -0.05) is 19.9 Å². The lowest BCUT2D eigenvalue weighted by Crippen LogP contribution is -2.24. The minimum atomic E-state index is -0.161. The molecule has 112 valence electrons. The van der Waals surface area contributed by atoms with Crippen LogP contribution in [0.3, 0.4) is 0 Å². The van der Waals surface area contributed by atoms with E-state index >= 15 is 0 Å². The standard InChI is InChI=1S/C14H22BrN3O2/c1-4-7-18-14(19)13(15)12(9-17-18)16-6-5-8-20-10-11(2)3/h4,9,11,16H,1,5-8,10H2,2-3H3. The third-order valence-corrected chi connectivity index (χ3v) is 3.29. The van der Waals surface area contributed by atoms with Gasteiger partial charge in [-0.25, -0.2) is 4.68 Å². The van der Waals surface area contributed by atoms with E-state index in [1.165, 1.54) is 4.68 Å². The first-order valence-electron chi connectivity index (χ1n) is 6.74. The molecule has 0 saturated carbocycles. The lowest BCUT2D eigenvalue weighted by Gasteiger charge is -2.10. The number of rotatable bonds is 9. The van der Waals surface area contributed by atoms with Crippen LogP contribution >= 0.6 is 15.9 Å². The average molecular weight is 344 g/mol. The Morgan fingerprint density at radius 2 is 2.35 bits per heavy atom. The summed E-state index contributed by atoms with van der Waals surface area (Å²) in [7, 11) is 0. The Bertz CT molecular complexity index is 486. The highest BCUT2D eigenvalue weighted by Gasteiger charge is 2.07. The van der Waals surface area contributed by atoms with Crippen molar-refractivity contribution in [2.75, 3.05) is 25.1 Å². The van der Waals surface area contributed by atoms with Gasteiger partial charge in [-0.2, -0.15) is 5.10 Å². The monoisotopic (exact) mass is 343 g/mol. The van der Waals surface area contributed by atoms with Crippen molar-refractivity contribution in [2.24, 2.45) is 5.92 Å². The predicted octanol–water partition coefficient (Wildman–Crippen LogP) is 2.67. The highest BCUT2D eigenvalue weighted by molar-refractivity contribution is 9.10. The van der Waals surface area contributed by atoms with Crippen molar-refractivity contribution >= 4 is 21.6 Å². The molecule has 0 unspecified atom stereocenters. The fourth-order valence-corrected chi connectivity index (χ4v) is 2.00. The summed E-state index contributed by atoms with van der Waals surface area (Å²) < 4.78 is 7.35. The molecule has 5 nitrogen and oxygen atoms in total. The molecule has 0 bridgehead atoms. The Balaban J connectivity index is 2.43. The molecule has 0 spiro atoms. The molecule has 0 atom stereocenters. The molecule has 1 heterocycles. The van der Waals surface area contributed by atoms with E-state index in [0.717, 1.165) is 19.6 Å². The van der Waals surface area contributed by atoms with Crippen LogP contribution in [-0.4, -0.2) is 29.5 Å². The zero-order chi connectivity index (χ0) is 15.0. The summed E-state index contributed by atoms with van der Waals surface area (Å²) in [4.78, 5) is 11.9. The molecule has 1 N–H and O–H groups in total. The third-order valence-electron chi connectivity index (χ3n) is 2.52. The minimum absolute atomic E-state index is 0.161. The molecule has 0 aromatic carbocycles. The van der Waals surface area contributed by atoms with Crippen LogP contribution < -0.4 is 10.9 Å². The first-order chi connectivity index (χ1) is 9.56. The van der Waals surface area contributed by atoms with E-state index in [4.69, 9.17) is 4.74 Å². The number of halogens is 1. The molecule has 1 rings (SSSR count). The largest absolute Gasteiger partial charge is 0.383 e. The van der Waals surface area contributed by atoms with Gasteiger partial charge in [-0.05, 0) is 28.3 Å². The summed E-state index contributed by atoms with van der Waals surface area (Å²) in [6.45, 7) is 10.5. The average Bonchev–Trinajstić information content (AvgIpc) is 2.41. The molecule has 6 heteroatoms. The van der Waals surface area contributed by atoms with E-state index in [2.05, 4.69) is 46.8 Å². The van der Waals surface area contributed by atoms with Crippen LogP contribution in [0.4, 0.5) is 5.69 Å². The molecular weight excluding hydrogens is 322 g/mol. The molecule has 0 amide bonds. The minimum Gasteiger partial charge on any atom is -0.383 e. The van der Waals surface area contributed by atoms with Crippen molar-refractivity contribution in [1.29, 1.82) is 0 Å². The third kappa shape index (κ3) is 5.46. The number of anilines is 1. The number of allylic oxidation sites excluding steroid dienone is 1. The summed E-state index contributed by atoms with van der Waals surface area (Å²) in [6, 6.07) is 0. The van der Waals surface area contributed by atoms with Gasteiger partial charge in [0.25, 0.3) is 5.56 Å². The van der Waals surface area contributed by atoms with Crippen molar-refractivity contribution in [3.8, 4) is 0 Å². The maximum Gasteiger partial charge on any atom is 0.283 e. The van der Waals surface area contributed by atoms with E-state index in [-0.39, 0.29) is 5.56 Å². The number of nitrogens with one attached hydrogen (secondary N) is 1. The number of hydrogen-bond acceptors (Lipinski definition) is 4. The molecule has 1 aromatic rings. The normalized spacial score (nSPS) is 10.8. The maximum absolute atomic E-state index is 11.9. The highest BCUT2D eigenvalue weighted by atomic mass is 79.9. The van der Waals surface area contributed by atoms with Gasteiger partial charge in [0.1, 0.15) is 4.47 Å². The van der Waals surface area contributed by atoms with Crippen molar-refractivity contribution in [1.82, 2.24) is 9.78 Å². The van der Waals surface area contributed by atoms with E-state index in [0.29, 0.717) is 29.2 Å². The molecule has 1 aromatic heterocycles. The SMILES string of the molecule is C=CCn1ncc(NCCCOCC(C)C)c(Br)c1=O. The lowest BCUT2D eigenvalue weighted by molar-refractivity contribution is 0.110. The summed E-state index contributed by atoms with van der Waals surface area (Å²) in [5, 5.41) is 7.26. The van der Waals surface area contributed by atoms with E-state index < -0.39 is 0 Å². The van der Waals surface area contributed by atoms with Crippen LogP contribution in [0.5, 0.6) is 0 Å². The van der Waals surface area contributed by atoms with Crippen LogP contribution in [0.25, 0.3) is 0 Å². The lowest BCUT2D eigenvalue weighted by atomic mass is 10.2. The van der Waals surface area contributed by atoms with Gasteiger partial charge in [0.2, 0.25) is 0 Å². The molecule has 0 aliphatic carbocycles. The van der Waals surface area contributed by atoms with Crippen molar-refractivity contribution < 1.29 is 4.74 Å². The second-order valence-corrected chi connectivity index (χ2v) is 5.69. The topological polar surface area (TPSA) is 56.1 Å². The molecule has 0 saturated heterocycles. The number of nitrogens with zero attached hydrogens (tertiary/aromatic N) is 2. The summed E-state index contributed by atoms with van der Waals surface area (Å²) in [6.07, 6.45) is 4.17. The Kier molecular flexibility index (Phi) is 7.54. The summed E-state index contributed by atoms with van der Waals surface area (Å²) in [5.74, 6) is 0.554. The number of ether oxygens (including phenoxy) is 1. The van der Waals surface area contributed by atoms with E-state index in [9.17, 15) is 4.79 Å². The molecule has 20 heavy (non-hydrogen) atoms. The van der Waals surface area contributed by atoms with E-state index in [1.54, 1.807) is 12.3 Å². The molecule has 0 fully saturated rings. The maximum atomic E-state index is 11.9. The molecule has 0 radical (unpaired) electrons. The molecule has 0 aliphatic heterocycles. The molecular formula is C14H22BrN3O2. The Hall–Kier alpha value is -1.14. The second-order valence-electron chi connectivity index (χ2n) is 4.90. The van der Waals surface area contributed by atoms with Gasteiger partial charge < -0.3 is 10.1 Å². The first-order valence-corrected chi connectivity index (χ1v) is 7.53. The quantitative estimate of drug-likeness (QED) is 0.553. The van der Waals surface area contributed by atoms with Crippen molar-refractivity contribution in [3.05, 3.63) is 33.7 Å². The summed E-state index contributed by atoms with van der Waals surface area (Å²) in [5.41, 5.74) is 0.546. The Morgan fingerprint density at radius 1 is 1.60 bits per heavy atom. The van der Waals surface area contributed by atoms with Gasteiger partial charge in [-0.3, -0.25) is 4.79 Å². The number of hydrogen-bond donors (Lipinski definition) is 1. The van der Waals surface area contributed by atoms with Crippen LogP contribution in [0.2, 0.25) is 0 Å². The van der Waals surface area contributed by atoms with Gasteiger partial charge in [0.05, 0.1) is 18.4 Å². The zero-order valence-corrected chi connectivity index (χ0v) is 13.6. The van der Waals surface area contributed by atoms with Crippen LogP contribution in [0, 0.1) is 5.92 Å².